The lowest BCUT2D eigenvalue weighted by molar-refractivity contribution is -0.116. The van der Waals surface area contributed by atoms with E-state index >= 15 is 0 Å². The maximum atomic E-state index is 11.1. The Kier molecular flexibility index (Phi) is 3.57. The van der Waals surface area contributed by atoms with Gasteiger partial charge < -0.3 is 0 Å². The molecule has 1 saturated heterocycles. The van der Waals surface area contributed by atoms with E-state index in [9.17, 15) is 4.79 Å². The Hall–Kier alpha value is -0.370. The van der Waals surface area contributed by atoms with Crippen LogP contribution in [0.4, 0.5) is 0 Å². The van der Waals surface area contributed by atoms with Gasteiger partial charge in [0.25, 0.3) is 0 Å². The fourth-order valence-electron chi connectivity index (χ4n) is 2.72. The highest BCUT2D eigenvalue weighted by Crippen LogP contribution is 2.26. The summed E-state index contributed by atoms with van der Waals surface area (Å²) in [6.45, 7) is 2.91. The molecule has 0 spiro atoms. The standard InChI is InChI=1S/C12H21NO/c14-12-7-9-13(10-12)8-6-11-4-2-1-3-5-11/h11H,1-10H2. The third-order valence-corrected chi connectivity index (χ3v) is 3.69. The monoisotopic (exact) mass is 195 g/mol. The van der Waals surface area contributed by atoms with E-state index in [0.717, 1.165) is 32.0 Å². The summed E-state index contributed by atoms with van der Waals surface area (Å²) in [7, 11) is 0. The van der Waals surface area contributed by atoms with E-state index in [1.807, 2.05) is 0 Å². The number of hydrogen-bond donors (Lipinski definition) is 0. The summed E-state index contributed by atoms with van der Waals surface area (Å²) < 4.78 is 0. The molecule has 1 saturated carbocycles. The van der Waals surface area contributed by atoms with Crippen molar-refractivity contribution >= 4 is 5.78 Å². The number of likely N-dealkylation sites (tertiary alicyclic amines) is 1. The van der Waals surface area contributed by atoms with Gasteiger partial charge in [-0.2, -0.15) is 0 Å². The Balaban J connectivity index is 1.63. The van der Waals surface area contributed by atoms with Gasteiger partial charge in [0.15, 0.2) is 0 Å². The Morgan fingerprint density at radius 2 is 2.00 bits per heavy atom. The average Bonchev–Trinajstić information content (AvgIpc) is 2.63. The second-order valence-corrected chi connectivity index (χ2v) is 4.86. The van der Waals surface area contributed by atoms with Gasteiger partial charge in [-0.25, -0.2) is 0 Å². The third kappa shape index (κ3) is 2.81. The van der Waals surface area contributed by atoms with Gasteiger partial charge in [-0.05, 0) is 18.9 Å². The van der Waals surface area contributed by atoms with E-state index in [1.54, 1.807) is 0 Å². The van der Waals surface area contributed by atoms with Crippen LogP contribution >= 0.6 is 0 Å². The number of carbonyl (C=O) groups is 1. The van der Waals surface area contributed by atoms with Gasteiger partial charge in [0, 0.05) is 13.0 Å². The molecule has 0 aromatic rings. The zero-order valence-corrected chi connectivity index (χ0v) is 9.00. The van der Waals surface area contributed by atoms with Crippen LogP contribution in [0.5, 0.6) is 0 Å². The van der Waals surface area contributed by atoms with Gasteiger partial charge in [0.2, 0.25) is 0 Å². The first-order valence-electron chi connectivity index (χ1n) is 6.08. The van der Waals surface area contributed by atoms with E-state index < -0.39 is 0 Å². The normalized spacial score (nSPS) is 25.9. The molecule has 2 aliphatic rings. The Morgan fingerprint density at radius 1 is 1.21 bits per heavy atom. The van der Waals surface area contributed by atoms with Crippen LogP contribution < -0.4 is 0 Å². The second kappa shape index (κ2) is 4.92. The van der Waals surface area contributed by atoms with Crippen molar-refractivity contribution in [2.45, 2.75) is 44.9 Å². The molecule has 2 fully saturated rings. The topological polar surface area (TPSA) is 20.3 Å². The summed E-state index contributed by atoms with van der Waals surface area (Å²) in [5.74, 6) is 1.40. The first-order valence-corrected chi connectivity index (χ1v) is 6.08. The van der Waals surface area contributed by atoms with Crippen LogP contribution in [-0.4, -0.2) is 30.3 Å². The van der Waals surface area contributed by atoms with Crippen molar-refractivity contribution in [3.63, 3.8) is 0 Å². The number of Topliss-reactive ketones (excluding diaryl/α,β-unsaturated/α-hetero) is 1. The lowest BCUT2D eigenvalue weighted by atomic mass is 9.87. The van der Waals surface area contributed by atoms with Crippen molar-refractivity contribution in [2.24, 2.45) is 5.92 Å². The molecule has 80 valence electrons. The maximum Gasteiger partial charge on any atom is 0.148 e. The molecule has 0 amide bonds. The third-order valence-electron chi connectivity index (χ3n) is 3.69. The summed E-state index contributed by atoms with van der Waals surface area (Å²) in [6, 6.07) is 0. The zero-order chi connectivity index (χ0) is 9.80. The highest BCUT2D eigenvalue weighted by atomic mass is 16.1. The first-order chi connectivity index (χ1) is 6.84. The van der Waals surface area contributed by atoms with Gasteiger partial charge in [0.1, 0.15) is 5.78 Å². The lowest BCUT2D eigenvalue weighted by Gasteiger charge is -2.23. The molecule has 14 heavy (non-hydrogen) atoms. The summed E-state index contributed by atoms with van der Waals surface area (Å²) in [5.41, 5.74) is 0. The van der Waals surface area contributed by atoms with Crippen LogP contribution in [0.3, 0.4) is 0 Å². The number of nitrogens with zero attached hydrogens (tertiary/aromatic N) is 1. The van der Waals surface area contributed by atoms with Crippen LogP contribution in [0.25, 0.3) is 0 Å². The predicted octanol–water partition coefficient (Wildman–Crippen LogP) is 2.23. The molecule has 1 heterocycles. The minimum atomic E-state index is 0.439. The predicted molar refractivity (Wildman–Crippen MR) is 57.3 cm³/mol. The molecule has 0 aromatic heterocycles. The van der Waals surface area contributed by atoms with Crippen molar-refractivity contribution in [2.75, 3.05) is 19.6 Å². The van der Waals surface area contributed by atoms with E-state index in [0.29, 0.717) is 5.78 Å². The van der Waals surface area contributed by atoms with Crippen LogP contribution in [0.15, 0.2) is 0 Å². The summed E-state index contributed by atoms with van der Waals surface area (Å²) in [4.78, 5) is 13.4. The summed E-state index contributed by atoms with van der Waals surface area (Å²) in [6.07, 6.45) is 9.30. The largest absolute Gasteiger partial charge is 0.298 e. The number of hydrogen-bond acceptors (Lipinski definition) is 2. The van der Waals surface area contributed by atoms with E-state index in [-0.39, 0.29) is 0 Å². The zero-order valence-electron chi connectivity index (χ0n) is 9.00. The molecule has 2 heteroatoms. The molecule has 0 N–H and O–H groups in total. The molecule has 0 atom stereocenters. The van der Waals surface area contributed by atoms with Crippen molar-refractivity contribution < 1.29 is 4.79 Å². The fraction of sp³-hybridized carbons (Fsp3) is 0.917. The Bertz CT molecular complexity index is 196. The van der Waals surface area contributed by atoms with Gasteiger partial charge in [-0.15, -0.1) is 0 Å². The van der Waals surface area contributed by atoms with Crippen LogP contribution in [0.2, 0.25) is 0 Å². The molecule has 0 radical (unpaired) electrons. The first kappa shape index (κ1) is 10.2. The van der Waals surface area contributed by atoms with E-state index in [4.69, 9.17) is 0 Å². The minimum absolute atomic E-state index is 0.439. The number of carbonyl (C=O) groups excluding carboxylic acids is 1. The minimum Gasteiger partial charge on any atom is -0.298 e. The maximum absolute atomic E-state index is 11.1. The molecular formula is C12H21NO. The van der Waals surface area contributed by atoms with Crippen LogP contribution in [0, 0.1) is 5.92 Å². The van der Waals surface area contributed by atoms with Gasteiger partial charge >= 0.3 is 0 Å². The molecule has 1 aliphatic heterocycles. The quantitative estimate of drug-likeness (QED) is 0.688. The summed E-state index contributed by atoms with van der Waals surface area (Å²) in [5, 5.41) is 0. The number of rotatable bonds is 3. The molecule has 1 aliphatic carbocycles. The highest BCUT2D eigenvalue weighted by Gasteiger charge is 2.20. The van der Waals surface area contributed by atoms with Crippen molar-refractivity contribution in [1.82, 2.24) is 4.90 Å². The molecule has 0 aromatic carbocycles. The molecule has 2 rings (SSSR count). The van der Waals surface area contributed by atoms with Crippen molar-refractivity contribution in [3.05, 3.63) is 0 Å². The van der Waals surface area contributed by atoms with Gasteiger partial charge in [0.05, 0.1) is 6.54 Å². The Morgan fingerprint density at radius 3 is 2.64 bits per heavy atom. The molecule has 0 bridgehead atoms. The fourth-order valence-corrected chi connectivity index (χ4v) is 2.72. The van der Waals surface area contributed by atoms with Crippen molar-refractivity contribution in [1.29, 1.82) is 0 Å². The van der Waals surface area contributed by atoms with Gasteiger partial charge in [-0.1, -0.05) is 32.1 Å². The van der Waals surface area contributed by atoms with Crippen LogP contribution in [-0.2, 0) is 4.79 Å². The SMILES string of the molecule is O=C1CCN(CCC2CCCCC2)C1. The Labute approximate surface area is 86.7 Å². The van der Waals surface area contributed by atoms with E-state index in [1.165, 1.54) is 38.5 Å². The van der Waals surface area contributed by atoms with Crippen molar-refractivity contribution in [3.8, 4) is 0 Å². The van der Waals surface area contributed by atoms with Gasteiger partial charge in [-0.3, -0.25) is 9.69 Å². The number of ketones is 1. The van der Waals surface area contributed by atoms with Crippen LogP contribution in [0.1, 0.15) is 44.9 Å². The summed E-state index contributed by atoms with van der Waals surface area (Å²) >= 11 is 0. The highest BCUT2D eigenvalue weighted by molar-refractivity contribution is 5.82. The molecule has 0 unspecified atom stereocenters. The molecule has 2 nitrogen and oxygen atoms in total. The van der Waals surface area contributed by atoms with E-state index in [2.05, 4.69) is 4.90 Å². The average molecular weight is 195 g/mol. The molecular weight excluding hydrogens is 174 g/mol. The second-order valence-electron chi connectivity index (χ2n) is 4.86. The smallest absolute Gasteiger partial charge is 0.148 e. The lowest BCUT2D eigenvalue weighted by Crippen LogP contribution is -2.24.